The van der Waals surface area contributed by atoms with Crippen LogP contribution in [0.3, 0.4) is 0 Å². The highest BCUT2D eigenvalue weighted by atomic mass is 17.1. The Labute approximate surface area is 147 Å². The lowest BCUT2D eigenvalue weighted by atomic mass is 10.0. The van der Waals surface area contributed by atoms with Gasteiger partial charge in [0, 0.05) is 6.08 Å². The molecule has 0 aliphatic rings. The lowest BCUT2D eigenvalue weighted by molar-refractivity contribution is -0.267. The van der Waals surface area contributed by atoms with Crippen LogP contribution in [-0.4, -0.2) is 47.7 Å². The number of carbonyl (C=O) groups excluding carboxylic acids is 2. The molecule has 0 unspecified atom stereocenters. The summed E-state index contributed by atoms with van der Waals surface area (Å²) in [6.45, 7) is 4.80. The number of hydrogen-bond donors (Lipinski definition) is 1. The predicted molar refractivity (Wildman–Crippen MR) is 91.7 cm³/mol. The van der Waals surface area contributed by atoms with Crippen LogP contribution in [-0.2, 0) is 25.6 Å². The number of hydrogen-bond acceptors (Lipinski definition) is 6. The molecule has 0 aliphatic carbocycles. The Morgan fingerprint density at radius 3 is 2.40 bits per heavy atom. The van der Waals surface area contributed by atoms with Crippen molar-refractivity contribution in [3.8, 4) is 0 Å². The van der Waals surface area contributed by atoms with Gasteiger partial charge in [0.2, 0.25) is 0 Å². The number of esters is 1. The monoisotopic (exact) mass is 351 g/mol. The molecule has 0 fully saturated rings. The maximum absolute atomic E-state index is 12.5. The van der Waals surface area contributed by atoms with Crippen LogP contribution in [0, 0.1) is 0 Å². The van der Waals surface area contributed by atoms with Gasteiger partial charge in [0.1, 0.15) is 5.60 Å². The van der Waals surface area contributed by atoms with E-state index in [2.05, 4.69) is 9.62 Å². The second-order valence-corrected chi connectivity index (χ2v) is 6.35. The fourth-order valence-corrected chi connectivity index (χ4v) is 2.06. The minimum Gasteiger partial charge on any atom is -0.466 e. The van der Waals surface area contributed by atoms with Crippen molar-refractivity contribution in [2.75, 3.05) is 13.8 Å². The number of carbonyl (C=O) groups is 2. The van der Waals surface area contributed by atoms with Crippen molar-refractivity contribution in [3.63, 3.8) is 0 Å². The normalized spacial score (nSPS) is 12.7. The number of ether oxygens (including phenoxy) is 2. The molecule has 1 aromatic rings. The summed E-state index contributed by atoms with van der Waals surface area (Å²) in [6.07, 6.45) is 2.47. The van der Waals surface area contributed by atoms with Crippen molar-refractivity contribution >= 4 is 12.1 Å². The lowest BCUT2D eigenvalue weighted by Gasteiger charge is -2.31. The molecule has 1 amide bonds. The molecule has 0 saturated heterocycles. The lowest BCUT2D eigenvalue weighted by Crippen LogP contribution is -2.44. The molecule has 0 saturated carbocycles. The Balaban J connectivity index is 3.07. The van der Waals surface area contributed by atoms with E-state index in [-0.39, 0.29) is 0 Å². The molecule has 138 valence electrons. The van der Waals surface area contributed by atoms with Crippen molar-refractivity contribution < 1.29 is 29.2 Å². The smallest absolute Gasteiger partial charge is 0.412 e. The number of rotatable bonds is 7. The molecule has 1 aromatic carbocycles. The van der Waals surface area contributed by atoms with E-state index < -0.39 is 30.4 Å². The highest BCUT2D eigenvalue weighted by Crippen LogP contribution is 2.16. The van der Waals surface area contributed by atoms with E-state index in [4.69, 9.17) is 9.99 Å². The number of nitrogens with zero attached hydrogens (tertiary/aromatic N) is 1. The van der Waals surface area contributed by atoms with Gasteiger partial charge >= 0.3 is 12.1 Å². The first-order valence-electron chi connectivity index (χ1n) is 7.83. The van der Waals surface area contributed by atoms with Gasteiger partial charge in [0.05, 0.1) is 13.2 Å². The highest BCUT2D eigenvalue weighted by molar-refractivity contribution is 5.82. The van der Waals surface area contributed by atoms with Crippen LogP contribution in [0.1, 0.15) is 26.3 Å². The second-order valence-electron chi connectivity index (χ2n) is 6.35. The summed E-state index contributed by atoms with van der Waals surface area (Å²) in [4.78, 5) is 29.2. The average Bonchev–Trinajstić information content (AvgIpc) is 2.55. The van der Waals surface area contributed by atoms with Gasteiger partial charge in [-0.05, 0) is 32.8 Å². The number of amides is 1. The Kier molecular flexibility index (Phi) is 8.10. The average molecular weight is 351 g/mol. The topological polar surface area (TPSA) is 85.3 Å². The van der Waals surface area contributed by atoms with Crippen LogP contribution in [0.2, 0.25) is 0 Å². The summed E-state index contributed by atoms with van der Waals surface area (Å²) < 4.78 is 9.94. The first-order valence-corrected chi connectivity index (χ1v) is 7.83. The molecule has 7 nitrogen and oxygen atoms in total. The standard InChI is InChI=1S/C18H25NO6/c1-18(2,3)25-17(21)19(13-24-22)15(10-11-16(20)23-4)12-14-8-6-5-7-9-14/h5-11,15,22H,12-13H2,1-4H3/b11-10+/t15-/m1/s1. The van der Waals surface area contributed by atoms with E-state index in [1.165, 1.54) is 24.2 Å². The summed E-state index contributed by atoms with van der Waals surface area (Å²) in [7, 11) is 1.27. The van der Waals surface area contributed by atoms with Gasteiger partial charge in [-0.25, -0.2) is 19.7 Å². The minimum absolute atomic E-state index is 0.400. The third kappa shape index (κ3) is 7.82. The van der Waals surface area contributed by atoms with Crippen molar-refractivity contribution in [2.45, 2.75) is 38.8 Å². The number of benzene rings is 1. The van der Waals surface area contributed by atoms with Gasteiger partial charge in [-0.2, -0.15) is 0 Å². The largest absolute Gasteiger partial charge is 0.466 e. The summed E-state index contributed by atoms with van der Waals surface area (Å²) >= 11 is 0. The van der Waals surface area contributed by atoms with E-state index in [0.717, 1.165) is 5.56 Å². The molecule has 0 aliphatic heterocycles. The SMILES string of the molecule is COC(=O)/C=C/[C@H](Cc1ccccc1)N(COO)C(=O)OC(C)(C)C. The molecule has 25 heavy (non-hydrogen) atoms. The van der Waals surface area contributed by atoms with Crippen LogP contribution in [0.15, 0.2) is 42.5 Å². The Morgan fingerprint density at radius 1 is 1.24 bits per heavy atom. The molecule has 0 aromatic heterocycles. The van der Waals surface area contributed by atoms with E-state index >= 15 is 0 Å². The molecule has 0 radical (unpaired) electrons. The van der Waals surface area contributed by atoms with Crippen molar-refractivity contribution in [2.24, 2.45) is 0 Å². The van der Waals surface area contributed by atoms with Gasteiger partial charge < -0.3 is 9.47 Å². The molecular formula is C18H25NO6. The Morgan fingerprint density at radius 2 is 1.88 bits per heavy atom. The van der Waals surface area contributed by atoms with Crippen LogP contribution in [0.5, 0.6) is 0 Å². The van der Waals surface area contributed by atoms with Gasteiger partial charge in [-0.1, -0.05) is 36.4 Å². The molecular weight excluding hydrogens is 326 g/mol. The van der Waals surface area contributed by atoms with Crippen LogP contribution < -0.4 is 0 Å². The molecule has 0 spiro atoms. The molecule has 1 atom stereocenters. The molecule has 0 bridgehead atoms. The first kappa shape index (κ1) is 20.7. The van der Waals surface area contributed by atoms with Crippen molar-refractivity contribution in [3.05, 3.63) is 48.0 Å². The van der Waals surface area contributed by atoms with Crippen LogP contribution in [0.25, 0.3) is 0 Å². The van der Waals surface area contributed by atoms with Crippen LogP contribution >= 0.6 is 0 Å². The number of methoxy groups -OCH3 is 1. The van der Waals surface area contributed by atoms with Crippen molar-refractivity contribution in [1.82, 2.24) is 4.90 Å². The molecule has 0 heterocycles. The van der Waals surface area contributed by atoms with Crippen LogP contribution in [0.4, 0.5) is 4.79 Å². The maximum Gasteiger partial charge on any atom is 0.412 e. The van der Waals surface area contributed by atoms with E-state index in [1.54, 1.807) is 20.8 Å². The van der Waals surface area contributed by atoms with E-state index in [0.29, 0.717) is 6.42 Å². The zero-order valence-corrected chi connectivity index (χ0v) is 15.0. The van der Waals surface area contributed by atoms with E-state index in [1.807, 2.05) is 30.3 Å². The van der Waals surface area contributed by atoms with Gasteiger partial charge in [0.15, 0.2) is 6.73 Å². The maximum atomic E-state index is 12.5. The third-order valence-electron chi connectivity index (χ3n) is 3.17. The van der Waals surface area contributed by atoms with E-state index in [9.17, 15) is 9.59 Å². The Bertz CT molecular complexity index is 579. The molecule has 1 rings (SSSR count). The summed E-state index contributed by atoms with van der Waals surface area (Å²) in [5.41, 5.74) is 0.224. The predicted octanol–water partition coefficient (Wildman–Crippen LogP) is 3.01. The van der Waals surface area contributed by atoms with Gasteiger partial charge in [0.25, 0.3) is 0 Å². The molecule has 1 N–H and O–H groups in total. The Hall–Kier alpha value is -2.38. The third-order valence-corrected chi connectivity index (χ3v) is 3.17. The summed E-state index contributed by atoms with van der Waals surface area (Å²) in [5, 5.41) is 8.86. The first-order chi connectivity index (χ1) is 11.8. The zero-order chi connectivity index (χ0) is 18.9. The van der Waals surface area contributed by atoms with Gasteiger partial charge in [-0.3, -0.25) is 4.90 Å². The zero-order valence-electron chi connectivity index (χ0n) is 15.0. The highest BCUT2D eigenvalue weighted by Gasteiger charge is 2.27. The quantitative estimate of drug-likeness (QED) is 0.267. The summed E-state index contributed by atoms with van der Waals surface area (Å²) in [6, 6.07) is 8.83. The second kappa shape index (κ2) is 9.80. The minimum atomic E-state index is -0.714. The fraction of sp³-hybridized carbons (Fsp3) is 0.444. The van der Waals surface area contributed by atoms with Crippen molar-refractivity contribution in [1.29, 1.82) is 0 Å². The summed E-state index contributed by atoms with van der Waals surface area (Å²) in [5.74, 6) is -0.549. The van der Waals surface area contributed by atoms with Gasteiger partial charge in [-0.15, -0.1) is 0 Å². The molecule has 7 heteroatoms. The fourth-order valence-electron chi connectivity index (χ4n) is 2.06.